The Balaban J connectivity index is 2.14. The van der Waals surface area contributed by atoms with Gasteiger partial charge in [0.25, 0.3) is 0 Å². The van der Waals surface area contributed by atoms with Crippen LogP contribution in [0.3, 0.4) is 0 Å². The van der Waals surface area contributed by atoms with Gasteiger partial charge in [-0.2, -0.15) is 0 Å². The molecule has 0 unspecified atom stereocenters. The SMILES string of the molecule is CCN1[CH]CCC1. The second-order valence-electron chi connectivity index (χ2n) is 1.95. The van der Waals surface area contributed by atoms with Crippen molar-refractivity contribution < 1.29 is 0 Å². The average molecular weight is 98.2 g/mol. The van der Waals surface area contributed by atoms with Crippen LogP contribution in [0.1, 0.15) is 19.8 Å². The van der Waals surface area contributed by atoms with Crippen LogP contribution in [0, 0.1) is 6.54 Å². The van der Waals surface area contributed by atoms with E-state index >= 15 is 0 Å². The molecule has 0 spiro atoms. The van der Waals surface area contributed by atoms with Crippen LogP contribution in [0.2, 0.25) is 0 Å². The molecule has 1 aliphatic heterocycles. The lowest BCUT2D eigenvalue weighted by atomic mass is 10.4. The van der Waals surface area contributed by atoms with Crippen LogP contribution < -0.4 is 0 Å². The van der Waals surface area contributed by atoms with Crippen LogP contribution in [0.25, 0.3) is 0 Å². The molecule has 0 saturated carbocycles. The minimum absolute atomic E-state index is 1.19. The largest absolute Gasteiger partial charge is 0.299 e. The molecule has 1 fully saturated rings. The van der Waals surface area contributed by atoms with Crippen LogP contribution in [0.4, 0.5) is 0 Å². The van der Waals surface area contributed by atoms with E-state index in [-0.39, 0.29) is 0 Å². The van der Waals surface area contributed by atoms with Gasteiger partial charge in [0.05, 0.1) is 0 Å². The van der Waals surface area contributed by atoms with E-state index < -0.39 is 0 Å². The molecule has 0 N–H and O–H groups in total. The molecule has 0 amide bonds. The van der Waals surface area contributed by atoms with E-state index in [0.717, 1.165) is 0 Å². The highest BCUT2D eigenvalue weighted by Crippen LogP contribution is 2.09. The summed E-state index contributed by atoms with van der Waals surface area (Å²) in [5.41, 5.74) is 0. The zero-order valence-electron chi connectivity index (χ0n) is 4.85. The Kier molecular flexibility index (Phi) is 1.69. The minimum atomic E-state index is 1.19. The maximum atomic E-state index is 2.36. The van der Waals surface area contributed by atoms with Crippen molar-refractivity contribution in [3.05, 3.63) is 6.54 Å². The molecule has 41 valence electrons. The fourth-order valence-corrected chi connectivity index (χ4v) is 0.947. The highest BCUT2D eigenvalue weighted by Gasteiger charge is 2.07. The summed E-state index contributed by atoms with van der Waals surface area (Å²) in [6.45, 7) is 6.97. The molecule has 1 aliphatic rings. The number of likely N-dealkylation sites (tertiary alicyclic amines) is 1. The Hall–Kier alpha value is -0.0400. The monoisotopic (exact) mass is 98.1 g/mol. The van der Waals surface area contributed by atoms with Gasteiger partial charge < -0.3 is 0 Å². The summed E-state index contributed by atoms with van der Waals surface area (Å²) in [5.74, 6) is 0. The summed E-state index contributed by atoms with van der Waals surface area (Å²) in [7, 11) is 0. The van der Waals surface area contributed by atoms with E-state index in [1.165, 1.54) is 25.9 Å². The zero-order chi connectivity index (χ0) is 5.11. The van der Waals surface area contributed by atoms with E-state index in [1.54, 1.807) is 0 Å². The predicted octanol–water partition coefficient (Wildman–Crippen LogP) is 1.26. The van der Waals surface area contributed by atoms with Crippen molar-refractivity contribution in [1.29, 1.82) is 0 Å². The molecule has 0 aliphatic carbocycles. The summed E-state index contributed by atoms with van der Waals surface area (Å²) in [4.78, 5) is 2.36. The van der Waals surface area contributed by atoms with E-state index in [9.17, 15) is 0 Å². The summed E-state index contributed by atoms with van der Waals surface area (Å²) < 4.78 is 0. The molecule has 1 saturated heterocycles. The first-order valence-corrected chi connectivity index (χ1v) is 3.01. The Bertz CT molecular complexity index is 46.1. The highest BCUT2D eigenvalue weighted by atomic mass is 15.1. The Labute approximate surface area is 45.3 Å². The molecule has 1 heterocycles. The van der Waals surface area contributed by atoms with Gasteiger partial charge in [0, 0.05) is 6.54 Å². The van der Waals surface area contributed by atoms with Gasteiger partial charge in [-0.05, 0) is 25.9 Å². The molecular formula is C6H12N. The summed E-state index contributed by atoms with van der Waals surface area (Å²) in [5, 5.41) is 0. The molecule has 0 atom stereocenters. The molecule has 0 bridgehead atoms. The molecule has 1 rings (SSSR count). The van der Waals surface area contributed by atoms with Gasteiger partial charge in [0.15, 0.2) is 0 Å². The third-order valence-corrected chi connectivity index (χ3v) is 1.44. The number of hydrogen-bond acceptors (Lipinski definition) is 1. The molecule has 0 aromatic carbocycles. The molecule has 1 heteroatoms. The fraction of sp³-hybridized carbons (Fsp3) is 0.833. The van der Waals surface area contributed by atoms with Crippen molar-refractivity contribution in [2.24, 2.45) is 0 Å². The predicted molar refractivity (Wildman–Crippen MR) is 30.8 cm³/mol. The van der Waals surface area contributed by atoms with Gasteiger partial charge in [0.1, 0.15) is 0 Å². The first-order valence-electron chi connectivity index (χ1n) is 3.01. The van der Waals surface area contributed by atoms with E-state index in [2.05, 4.69) is 18.4 Å². The minimum Gasteiger partial charge on any atom is -0.299 e. The fourth-order valence-electron chi connectivity index (χ4n) is 0.947. The summed E-state index contributed by atoms with van der Waals surface area (Å²) in [6.07, 6.45) is 2.67. The smallest absolute Gasteiger partial charge is 0.0251 e. The lowest BCUT2D eigenvalue weighted by Gasteiger charge is -2.07. The van der Waals surface area contributed by atoms with Crippen LogP contribution in [0.5, 0.6) is 0 Å². The molecular weight excluding hydrogens is 86.1 g/mol. The van der Waals surface area contributed by atoms with Crippen molar-refractivity contribution in [2.45, 2.75) is 19.8 Å². The molecule has 7 heavy (non-hydrogen) atoms. The molecule has 1 nitrogen and oxygen atoms in total. The van der Waals surface area contributed by atoms with Crippen molar-refractivity contribution in [3.63, 3.8) is 0 Å². The normalized spacial score (nSPS) is 23.6. The molecule has 1 radical (unpaired) electrons. The van der Waals surface area contributed by atoms with Gasteiger partial charge in [-0.25, -0.2) is 0 Å². The lowest BCUT2D eigenvalue weighted by molar-refractivity contribution is 0.408. The third kappa shape index (κ3) is 1.16. The van der Waals surface area contributed by atoms with Gasteiger partial charge in [-0.15, -0.1) is 0 Å². The quantitative estimate of drug-likeness (QED) is 0.477. The third-order valence-electron chi connectivity index (χ3n) is 1.44. The average Bonchev–Trinajstić information content (AvgIpc) is 2.14. The number of hydrogen-bond donors (Lipinski definition) is 0. The lowest BCUT2D eigenvalue weighted by Crippen LogP contribution is -2.13. The van der Waals surface area contributed by atoms with Crippen LogP contribution >= 0.6 is 0 Å². The maximum absolute atomic E-state index is 2.36. The molecule has 0 aromatic rings. The van der Waals surface area contributed by atoms with Gasteiger partial charge in [0.2, 0.25) is 0 Å². The van der Waals surface area contributed by atoms with E-state index in [0.29, 0.717) is 0 Å². The highest BCUT2D eigenvalue weighted by molar-refractivity contribution is 4.74. The van der Waals surface area contributed by atoms with Crippen molar-refractivity contribution in [3.8, 4) is 0 Å². The van der Waals surface area contributed by atoms with Gasteiger partial charge in [-0.1, -0.05) is 6.92 Å². The standard InChI is InChI=1S/C6H12N/c1-2-7-5-3-4-6-7/h5H,2-4,6H2,1H3. The second kappa shape index (κ2) is 2.31. The van der Waals surface area contributed by atoms with Crippen LogP contribution in [-0.4, -0.2) is 18.0 Å². The second-order valence-corrected chi connectivity index (χ2v) is 1.95. The van der Waals surface area contributed by atoms with Crippen molar-refractivity contribution in [1.82, 2.24) is 4.90 Å². The van der Waals surface area contributed by atoms with Crippen LogP contribution in [0.15, 0.2) is 0 Å². The van der Waals surface area contributed by atoms with Crippen LogP contribution in [-0.2, 0) is 0 Å². The Morgan fingerprint density at radius 1 is 1.71 bits per heavy atom. The molecule has 0 aromatic heterocycles. The Morgan fingerprint density at radius 3 is 2.86 bits per heavy atom. The zero-order valence-corrected chi connectivity index (χ0v) is 4.85. The Morgan fingerprint density at radius 2 is 2.57 bits per heavy atom. The van der Waals surface area contributed by atoms with E-state index in [4.69, 9.17) is 0 Å². The number of nitrogens with zero attached hydrogens (tertiary/aromatic N) is 1. The van der Waals surface area contributed by atoms with Gasteiger partial charge in [-0.3, -0.25) is 4.90 Å². The van der Waals surface area contributed by atoms with Gasteiger partial charge >= 0.3 is 0 Å². The first kappa shape index (κ1) is 5.10. The maximum Gasteiger partial charge on any atom is 0.0251 e. The summed E-state index contributed by atoms with van der Waals surface area (Å²) >= 11 is 0. The first-order chi connectivity index (χ1) is 3.43. The number of rotatable bonds is 1. The van der Waals surface area contributed by atoms with Crippen molar-refractivity contribution in [2.75, 3.05) is 13.1 Å². The summed E-state index contributed by atoms with van der Waals surface area (Å²) in [6, 6.07) is 0. The van der Waals surface area contributed by atoms with E-state index in [1.807, 2.05) is 0 Å². The topological polar surface area (TPSA) is 3.24 Å². The van der Waals surface area contributed by atoms with Crippen molar-refractivity contribution >= 4 is 0 Å².